The molecule has 1 atom stereocenters. The van der Waals surface area contributed by atoms with Crippen molar-refractivity contribution in [3.8, 4) is 11.1 Å². The fourth-order valence-electron chi connectivity index (χ4n) is 3.20. The molecule has 0 saturated heterocycles. The number of rotatable bonds is 4. The van der Waals surface area contributed by atoms with E-state index in [2.05, 4.69) is 28.5 Å². The molecule has 1 amide bonds. The number of anilines is 1. The van der Waals surface area contributed by atoms with Crippen LogP contribution in [0, 0.1) is 0 Å². The summed E-state index contributed by atoms with van der Waals surface area (Å²) in [5.41, 5.74) is 12.6. The van der Waals surface area contributed by atoms with Gasteiger partial charge in [0.2, 0.25) is 5.91 Å². The molecule has 1 aliphatic rings. The number of carbonyl (C=O) groups is 1. The number of benzene rings is 2. The topological polar surface area (TPSA) is 68.0 Å². The normalized spacial score (nSPS) is 14.0. The van der Waals surface area contributed by atoms with E-state index < -0.39 is 0 Å². The molecule has 0 spiro atoms. The van der Waals surface area contributed by atoms with E-state index in [1.54, 1.807) is 0 Å². The van der Waals surface area contributed by atoms with Crippen LogP contribution in [0.15, 0.2) is 67.0 Å². The summed E-state index contributed by atoms with van der Waals surface area (Å²) in [5, 5.41) is 2.89. The lowest BCUT2D eigenvalue weighted by Gasteiger charge is -2.13. The van der Waals surface area contributed by atoms with Crippen molar-refractivity contribution >= 4 is 11.6 Å². The molecule has 1 aromatic heterocycles. The SMILES string of the molecule is N[C@H](Cc1ccccc1)c1cncc(-c2ccc3c(c2)NC(=O)C3)c1. The van der Waals surface area contributed by atoms with Crippen molar-refractivity contribution in [2.24, 2.45) is 5.73 Å². The lowest BCUT2D eigenvalue weighted by molar-refractivity contribution is -0.115. The molecular formula is C21H19N3O. The molecule has 3 N–H and O–H groups in total. The van der Waals surface area contributed by atoms with Crippen LogP contribution in [0.25, 0.3) is 11.1 Å². The second-order valence-electron chi connectivity index (χ2n) is 6.40. The fourth-order valence-corrected chi connectivity index (χ4v) is 3.20. The zero-order chi connectivity index (χ0) is 17.2. The summed E-state index contributed by atoms with van der Waals surface area (Å²) in [6.07, 6.45) is 4.88. The molecule has 0 fully saturated rings. The predicted octanol–water partition coefficient (Wildman–Crippen LogP) is 3.49. The van der Waals surface area contributed by atoms with E-state index in [0.717, 1.165) is 34.4 Å². The van der Waals surface area contributed by atoms with Crippen LogP contribution in [0.1, 0.15) is 22.7 Å². The van der Waals surface area contributed by atoms with Gasteiger partial charge in [-0.05, 0) is 40.8 Å². The molecule has 0 unspecified atom stereocenters. The summed E-state index contributed by atoms with van der Waals surface area (Å²) in [7, 11) is 0. The van der Waals surface area contributed by atoms with Crippen molar-refractivity contribution in [1.82, 2.24) is 4.98 Å². The zero-order valence-electron chi connectivity index (χ0n) is 13.8. The fraction of sp³-hybridized carbons (Fsp3) is 0.143. The Morgan fingerprint density at radius 1 is 1.04 bits per heavy atom. The highest BCUT2D eigenvalue weighted by molar-refractivity contribution is 5.99. The van der Waals surface area contributed by atoms with Gasteiger partial charge >= 0.3 is 0 Å². The van der Waals surface area contributed by atoms with Crippen molar-refractivity contribution in [2.75, 3.05) is 5.32 Å². The Hall–Kier alpha value is -2.98. The van der Waals surface area contributed by atoms with Crippen molar-refractivity contribution in [2.45, 2.75) is 18.9 Å². The minimum Gasteiger partial charge on any atom is -0.326 e. The lowest BCUT2D eigenvalue weighted by atomic mass is 9.97. The van der Waals surface area contributed by atoms with Crippen LogP contribution in [0.4, 0.5) is 5.69 Å². The lowest BCUT2D eigenvalue weighted by Crippen LogP contribution is -2.13. The summed E-state index contributed by atoms with van der Waals surface area (Å²) in [6.45, 7) is 0. The third-order valence-corrected chi connectivity index (χ3v) is 4.55. The molecule has 0 aliphatic carbocycles. The standard InChI is InChI=1S/C21H19N3O/c22-19(8-14-4-2-1-3-5-14)18-9-17(12-23-13-18)15-6-7-16-11-21(25)24-20(16)10-15/h1-7,9-10,12-13,19H,8,11,22H2,(H,24,25)/t19-/m1/s1. The number of nitrogens with one attached hydrogen (secondary N) is 1. The van der Waals surface area contributed by atoms with E-state index in [9.17, 15) is 4.79 Å². The van der Waals surface area contributed by atoms with Gasteiger partial charge in [-0.2, -0.15) is 0 Å². The van der Waals surface area contributed by atoms with Gasteiger partial charge in [-0.15, -0.1) is 0 Å². The number of carbonyl (C=O) groups excluding carboxylic acids is 1. The largest absolute Gasteiger partial charge is 0.326 e. The van der Waals surface area contributed by atoms with Crippen LogP contribution in [0.3, 0.4) is 0 Å². The summed E-state index contributed by atoms with van der Waals surface area (Å²) < 4.78 is 0. The predicted molar refractivity (Wildman–Crippen MR) is 99.1 cm³/mol. The van der Waals surface area contributed by atoms with E-state index in [-0.39, 0.29) is 11.9 Å². The highest BCUT2D eigenvalue weighted by atomic mass is 16.1. The van der Waals surface area contributed by atoms with Gasteiger partial charge < -0.3 is 11.1 Å². The maximum Gasteiger partial charge on any atom is 0.228 e. The van der Waals surface area contributed by atoms with Gasteiger partial charge in [0, 0.05) is 29.7 Å². The summed E-state index contributed by atoms with van der Waals surface area (Å²) in [4.78, 5) is 15.9. The molecule has 124 valence electrons. The Morgan fingerprint density at radius 3 is 2.72 bits per heavy atom. The van der Waals surface area contributed by atoms with Crippen LogP contribution < -0.4 is 11.1 Å². The Kier molecular flexibility index (Phi) is 4.04. The molecule has 4 heteroatoms. The average Bonchev–Trinajstić information content (AvgIpc) is 3.02. The van der Waals surface area contributed by atoms with E-state index >= 15 is 0 Å². The first-order valence-corrected chi connectivity index (χ1v) is 8.36. The van der Waals surface area contributed by atoms with E-state index in [1.165, 1.54) is 5.56 Å². The Morgan fingerprint density at radius 2 is 1.88 bits per heavy atom. The quantitative estimate of drug-likeness (QED) is 0.770. The highest BCUT2D eigenvalue weighted by Crippen LogP contribution is 2.30. The summed E-state index contributed by atoms with van der Waals surface area (Å²) in [6, 6.07) is 18.2. The number of amides is 1. The van der Waals surface area contributed by atoms with Gasteiger partial charge in [-0.3, -0.25) is 9.78 Å². The van der Waals surface area contributed by atoms with Crippen LogP contribution in [-0.4, -0.2) is 10.9 Å². The number of hydrogen-bond donors (Lipinski definition) is 2. The van der Waals surface area contributed by atoms with Gasteiger partial charge in [-0.1, -0.05) is 42.5 Å². The van der Waals surface area contributed by atoms with Crippen molar-refractivity contribution in [3.05, 3.63) is 83.7 Å². The molecule has 0 saturated carbocycles. The molecule has 1 aliphatic heterocycles. The first-order valence-electron chi connectivity index (χ1n) is 8.36. The molecular weight excluding hydrogens is 310 g/mol. The van der Waals surface area contributed by atoms with Gasteiger partial charge in [0.05, 0.1) is 6.42 Å². The van der Waals surface area contributed by atoms with Crippen molar-refractivity contribution < 1.29 is 4.79 Å². The third-order valence-electron chi connectivity index (χ3n) is 4.55. The number of aromatic nitrogens is 1. The first-order chi connectivity index (χ1) is 12.2. The zero-order valence-corrected chi connectivity index (χ0v) is 13.8. The minimum atomic E-state index is -0.107. The third kappa shape index (κ3) is 3.30. The number of hydrogen-bond acceptors (Lipinski definition) is 3. The van der Waals surface area contributed by atoms with E-state index in [0.29, 0.717) is 6.42 Å². The molecule has 4 nitrogen and oxygen atoms in total. The highest BCUT2D eigenvalue weighted by Gasteiger charge is 2.18. The first kappa shape index (κ1) is 15.5. The molecule has 3 aromatic rings. The molecule has 2 aromatic carbocycles. The van der Waals surface area contributed by atoms with E-state index in [1.807, 2.05) is 48.8 Å². The van der Waals surface area contributed by atoms with Crippen molar-refractivity contribution in [3.63, 3.8) is 0 Å². The molecule has 0 bridgehead atoms. The molecule has 4 rings (SSSR count). The van der Waals surface area contributed by atoms with Gasteiger partial charge in [0.15, 0.2) is 0 Å². The van der Waals surface area contributed by atoms with Crippen molar-refractivity contribution in [1.29, 1.82) is 0 Å². The van der Waals surface area contributed by atoms with Gasteiger partial charge in [0.25, 0.3) is 0 Å². The maximum absolute atomic E-state index is 11.5. The molecule has 0 radical (unpaired) electrons. The monoisotopic (exact) mass is 329 g/mol. The van der Waals surface area contributed by atoms with Gasteiger partial charge in [0.1, 0.15) is 0 Å². The summed E-state index contributed by atoms with van der Waals surface area (Å²) >= 11 is 0. The second-order valence-corrected chi connectivity index (χ2v) is 6.40. The second kappa shape index (κ2) is 6.49. The Bertz CT molecular complexity index is 921. The van der Waals surface area contributed by atoms with Crippen LogP contribution in [0.2, 0.25) is 0 Å². The van der Waals surface area contributed by atoms with Crippen LogP contribution in [-0.2, 0) is 17.6 Å². The number of fused-ring (bicyclic) bond motifs is 1. The summed E-state index contributed by atoms with van der Waals surface area (Å²) in [5.74, 6) is 0.0453. The molecule has 25 heavy (non-hydrogen) atoms. The Balaban J connectivity index is 1.59. The van der Waals surface area contributed by atoms with Crippen LogP contribution in [0.5, 0.6) is 0 Å². The van der Waals surface area contributed by atoms with E-state index in [4.69, 9.17) is 5.73 Å². The Labute approximate surface area is 146 Å². The number of nitrogens with zero attached hydrogens (tertiary/aromatic N) is 1. The average molecular weight is 329 g/mol. The van der Waals surface area contributed by atoms with Crippen LogP contribution >= 0.6 is 0 Å². The minimum absolute atomic E-state index is 0.0453. The number of pyridine rings is 1. The van der Waals surface area contributed by atoms with Gasteiger partial charge in [-0.25, -0.2) is 0 Å². The molecule has 2 heterocycles. The maximum atomic E-state index is 11.5. The number of nitrogens with two attached hydrogens (primary N) is 1. The smallest absolute Gasteiger partial charge is 0.228 e.